The Hall–Kier alpha value is -3.60. The molecule has 1 aliphatic heterocycles. The van der Waals surface area contributed by atoms with Gasteiger partial charge in [0.2, 0.25) is 5.91 Å². The van der Waals surface area contributed by atoms with Crippen LogP contribution in [0.25, 0.3) is 16.7 Å². The first kappa shape index (κ1) is 33.3. The zero-order chi connectivity index (χ0) is 32.0. The lowest BCUT2D eigenvalue weighted by Crippen LogP contribution is -2.40. The maximum atomic E-state index is 14.3. The number of rotatable bonds is 11. The Morgan fingerprint density at radius 3 is 2.57 bits per heavy atom. The van der Waals surface area contributed by atoms with E-state index in [9.17, 15) is 26.7 Å². The molecular weight excluding hydrogens is 597 g/mol. The summed E-state index contributed by atoms with van der Waals surface area (Å²) in [5, 5.41) is 0. The molecule has 1 atom stereocenters. The van der Waals surface area contributed by atoms with Gasteiger partial charge in [-0.05, 0) is 99.1 Å². The van der Waals surface area contributed by atoms with Crippen LogP contribution < -0.4 is 0 Å². The van der Waals surface area contributed by atoms with Crippen LogP contribution >= 0.6 is 11.8 Å². The molecule has 2 aromatic carbocycles. The highest BCUT2D eigenvalue weighted by atomic mass is 32.2. The van der Waals surface area contributed by atoms with Crippen LogP contribution in [0.1, 0.15) is 56.6 Å². The Kier molecular flexibility index (Phi) is 10.9. The summed E-state index contributed by atoms with van der Waals surface area (Å²) in [5.41, 5.74) is 0.392. The number of nitrogens with zero attached hydrogens (tertiary/aromatic N) is 3. The van der Waals surface area contributed by atoms with Crippen molar-refractivity contribution < 1.29 is 31.5 Å². The number of ether oxygens (including phenoxy) is 1. The summed E-state index contributed by atoms with van der Waals surface area (Å²) in [4.78, 5) is 20.3. The van der Waals surface area contributed by atoms with E-state index in [1.807, 2.05) is 43.2 Å². The fourth-order valence-electron chi connectivity index (χ4n) is 5.34. The van der Waals surface area contributed by atoms with Crippen LogP contribution in [0, 0.1) is 17.6 Å². The summed E-state index contributed by atoms with van der Waals surface area (Å²) >= 11 is 1.84. The molecule has 0 bridgehead atoms. The van der Waals surface area contributed by atoms with Gasteiger partial charge in [0.05, 0.1) is 35.7 Å². The number of amides is 1. The molecule has 0 saturated carbocycles. The fraction of sp³-hybridized carbons (Fsp3) is 0.394. The quantitative estimate of drug-likeness (QED) is 0.121. The van der Waals surface area contributed by atoms with Crippen molar-refractivity contribution in [2.24, 2.45) is 5.92 Å². The van der Waals surface area contributed by atoms with E-state index in [4.69, 9.17) is 9.72 Å². The molecule has 3 aromatic rings. The first-order chi connectivity index (χ1) is 20.9. The second kappa shape index (κ2) is 14.5. The van der Waals surface area contributed by atoms with Gasteiger partial charge in [-0.2, -0.15) is 24.9 Å². The Balaban J connectivity index is 1.77. The normalized spacial score (nSPS) is 15.8. The van der Waals surface area contributed by atoms with Gasteiger partial charge < -0.3 is 9.64 Å². The monoisotopic (exact) mass is 633 g/mol. The number of thioether (sulfide) groups is 1. The zero-order valence-electron chi connectivity index (χ0n) is 25.0. The number of benzene rings is 2. The van der Waals surface area contributed by atoms with Crippen LogP contribution in [-0.2, 0) is 22.1 Å². The number of hydrogen-bond acceptors (Lipinski definition) is 4. The van der Waals surface area contributed by atoms with Crippen molar-refractivity contribution in [3.8, 4) is 0 Å². The van der Waals surface area contributed by atoms with Crippen molar-refractivity contribution >= 4 is 34.4 Å². The number of carbonyl (C=O) groups is 1. The molecule has 1 fully saturated rings. The third kappa shape index (κ3) is 7.91. The molecule has 0 N–H and O–H groups in total. The minimum atomic E-state index is -4.89. The fourth-order valence-corrected chi connectivity index (χ4v) is 6.54. The van der Waals surface area contributed by atoms with Crippen LogP contribution in [0.5, 0.6) is 0 Å². The van der Waals surface area contributed by atoms with Crippen molar-refractivity contribution in [2.45, 2.75) is 52.3 Å². The van der Waals surface area contributed by atoms with E-state index in [0.29, 0.717) is 41.8 Å². The third-order valence-corrected chi connectivity index (χ3v) is 8.69. The van der Waals surface area contributed by atoms with Gasteiger partial charge in [-0.25, -0.2) is 13.8 Å². The number of aromatic nitrogens is 2. The summed E-state index contributed by atoms with van der Waals surface area (Å²) in [6, 6.07) is 6.29. The average Bonchev–Trinajstić information content (AvgIpc) is 3.37. The van der Waals surface area contributed by atoms with E-state index in [2.05, 4.69) is 6.58 Å². The lowest BCUT2D eigenvalue weighted by molar-refractivity contribution is -0.140. The third-order valence-electron chi connectivity index (χ3n) is 7.64. The van der Waals surface area contributed by atoms with Crippen molar-refractivity contribution in [1.82, 2.24) is 14.5 Å². The molecule has 1 unspecified atom stereocenters. The number of allylic oxidation sites excluding steroid dienone is 4. The van der Waals surface area contributed by atoms with Gasteiger partial charge in [0.1, 0.15) is 23.2 Å². The van der Waals surface area contributed by atoms with Gasteiger partial charge in [0.25, 0.3) is 0 Å². The van der Waals surface area contributed by atoms with E-state index in [1.165, 1.54) is 18.2 Å². The van der Waals surface area contributed by atoms with E-state index in [1.54, 1.807) is 23.1 Å². The van der Waals surface area contributed by atoms with E-state index < -0.39 is 35.3 Å². The molecule has 1 saturated heterocycles. The van der Waals surface area contributed by atoms with Gasteiger partial charge in [-0.15, -0.1) is 0 Å². The molecule has 11 heteroatoms. The Bertz CT molecular complexity index is 1560. The van der Waals surface area contributed by atoms with E-state index in [-0.39, 0.29) is 17.9 Å². The largest absolute Gasteiger partial charge is 0.494 e. The van der Waals surface area contributed by atoms with Crippen molar-refractivity contribution in [3.05, 3.63) is 95.6 Å². The maximum absolute atomic E-state index is 14.3. The number of hydrogen-bond donors (Lipinski definition) is 0. The molecular formula is C33H36F5N3O2S. The van der Waals surface area contributed by atoms with Crippen LogP contribution in [0.15, 0.2) is 67.0 Å². The Labute approximate surface area is 258 Å². The summed E-state index contributed by atoms with van der Waals surface area (Å²) in [5.74, 6) is 0.859. The van der Waals surface area contributed by atoms with Crippen molar-refractivity contribution in [2.75, 3.05) is 24.7 Å². The molecule has 0 spiro atoms. The smallest absolute Gasteiger partial charge is 0.419 e. The van der Waals surface area contributed by atoms with Crippen LogP contribution in [-0.4, -0.2) is 45.0 Å². The average molecular weight is 634 g/mol. The van der Waals surface area contributed by atoms with E-state index >= 15 is 0 Å². The lowest BCUT2D eigenvalue weighted by atomic mass is 10.00. The molecule has 1 aromatic heterocycles. The minimum absolute atomic E-state index is 0.0600. The number of imidazole rings is 1. The van der Waals surface area contributed by atoms with Gasteiger partial charge in [0, 0.05) is 18.3 Å². The summed E-state index contributed by atoms with van der Waals surface area (Å²) < 4.78 is 75.9. The summed E-state index contributed by atoms with van der Waals surface area (Å²) in [7, 11) is 0. The predicted molar refractivity (Wildman–Crippen MR) is 165 cm³/mol. The number of fused-ring (bicyclic) bond motifs is 1. The number of halogens is 5. The topological polar surface area (TPSA) is 47.4 Å². The molecule has 44 heavy (non-hydrogen) atoms. The highest BCUT2D eigenvalue weighted by Crippen LogP contribution is 2.34. The Morgan fingerprint density at radius 1 is 1.18 bits per heavy atom. The SMILES string of the molecule is C=C/C(=C\C=C(/C)n1c(C(C)N(CC2CCSCC2)C(=O)Cc2ccc(F)c(C(F)(F)F)c2)nc2cc(F)ccc21)OCC. The predicted octanol–water partition coefficient (Wildman–Crippen LogP) is 8.58. The molecule has 236 valence electrons. The minimum Gasteiger partial charge on any atom is -0.494 e. The molecule has 4 rings (SSSR count). The molecule has 5 nitrogen and oxygen atoms in total. The molecule has 0 aliphatic carbocycles. The van der Waals surface area contributed by atoms with Gasteiger partial charge in [-0.1, -0.05) is 12.6 Å². The number of carbonyl (C=O) groups excluding carboxylic acids is 1. The van der Waals surface area contributed by atoms with Crippen molar-refractivity contribution in [3.63, 3.8) is 0 Å². The van der Waals surface area contributed by atoms with Crippen LogP contribution in [0.2, 0.25) is 0 Å². The second-order valence-electron chi connectivity index (χ2n) is 10.7. The first-order valence-corrected chi connectivity index (χ1v) is 15.6. The second-order valence-corrected chi connectivity index (χ2v) is 11.9. The van der Waals surface area contributed by atoms with E-state index in [0.717, 1.165) is 36.1 Å². The van der Waals surface area contributed by atoms with Crippen molar-refractivity contribution in [1.29, 1.82) is 0 Å². The molecule has 1 aliphatic rings. The van der Waals surface area contributed by atoms with Crippen LogP contribution in [0.3, 0.4) is 0 Å². The standard InChI is InChI=1S/C33H36F5N3O2S/c1-5-26(43-6-2)10-7-21(3)41-30-12-9-25(34)19-29(30)39-32(41)22(4)40(20-23-13-15-44-16-14-23)31(42)18-24-8-11-28(35)27(17-24)33(36,37)38/h5,7-12,17,19,22-23H,1,6,13-16,18,20H2,2-4H3/b21-7+,26-10+. The molecule has 0 radical (unpaired) electrons. The molecule has 1 amide bonds. The summed E-state index contributed by atoms with van der Waals surface area (Å²) in [6.07, 6.45) is 1.70. The highest BCUT2D eigenvalue weighted by molar-refractivity contribution is 7.99. The number of alkyl halides is 3. The zero-order valence-corrected chi connectivity index (χ0v) is 25.8. The Morgan fingerprint density at radius 2 is 1.91 bits per heavy atom. The van der Waals surface area contributed by atoms with Gasteiger partial charge in [0.15, 0.2) is 0 Å². The van der Waals surface area contributed by atoms with Gasteiger partial charge >= 0.3 is 6.18 Å². The van der Waals surface area contributed by atoms with Gasteiger partial charge in [-0.3, -0.25) is 9.36 Å². The first-order valence-electron chi connectivity index (χ1n) is 14.5. The summed E-state index contributed by atoms with van der Waals surface area (Å²) in [6.45, 7) is 10.1. The van der Waals surface area contributed by atoms with Crippen LogP contribution in [0.4, 0.5) is 22.0 Å². The highest BCUT2D eigenvalue weighted by Gasteiger charge is 2.35. The molecule has 2 heterocycles. The lowest BCUT2D eigenvalue weighted by Gasteiger charge is -2.34. The maximum Gasteiger partial charge on any atom is 0.419 e.